The number of amides is 1. The Kier molecular flexibility index (Phi) is 11.1. The van der Waals surface area contributed by atoms with E-state index in [2.05, 4.69) is 24.1 Å². The number of nitrogens with one attached hydrogen (secondary N) is 1. The van der Waals surface area contributed by atoms with Crippen LogP contribution in [0.15, 0.2) is 30.3 Å². The van der Waals surface area contributed by atoms with E-state index in [1.165, 1.54) is 6.07 Å². The summed E-state index contributed by atoms with van der Waals surface area (Å²) >= 11 is 0. The number of halogens is 3. The van der Waals surface area contributed by atoms with Crippen LogP contribution in [0, 0.1) is 11.3 Å². The zero-order valence-electron chi connectivity index (χ0n) is 27.0. The summed E-state index contributed by atoms with van der Waals surface area (Å²) < 4.78 is 59.6. The quantitative estimate of drug-likeness (QED) is 0.231. The maximum absolute atomic E-state index is 14.2. The minimum Gasteiger partial charge on any atom is -0.494 e. The van der Waals surface area contributed by atoms with Crippen molar-refractivity contribution in [1.82, 2.24) is 15.2 Å². The number of rotatable bonds is 12. The highest BCUT2D eigenvalue weighted by Gasteiger charge is 2.50. The molecule has 11 heteroatoms. The van der Waals surface area contributed by atoms with E-state index in [9.17, 15) is 22.8 Å². The van der Waals surface area contributed by atoms with Crippen molar-refractivity contribution in [2.24, 2.45) is 11.3 Å². The molecule has 5 rings (SSSR count). The molecule has 1 aromatic carbocycles. The number of benzene rings is 1. The van der Waals surface area contributed by atoms with Gasteiger partial charge in [0.2, 0.25) is 5.91 Å². The number of fused-ring (bicyclic) bond motifs is 1. The summed E-state index contributed by atoms with van der Waals surface area (Å²) in [5, 5.41) is 3.74. The maximum atomic E-state index is 14.2. The topological polar surface area (TPSA) is 90.0 Å². The molecule has 0 bridgehead atoms. The Balaban J connectivity index is 1.23. The van der Waals surface area contributed by atoms with Gasteiger partial charge in [0.1, 0.15) is 12.0 Å². The minimum atomic E-state index is -4.55. The van der Waals surface area contributed by atoms with Crippen molar-refractivity contribution < 1.29 is 37.0 Å². The lowest BCUT2D eigenvalue weighted by molar-refractivity contribution is -0.146. The first-order valence-electron chi connectivity index (χ1n) is 16.5. The molecule has 1 saturated heterocycles. The van der Waals surface area contributed by atoms with E-state index in [1.807, 2.05) is 0 Å². The zero-order valence-corrected chi connectivity index (χ0v) is 27.0. The lowest BCUT2D eigenvalue weighted by Gasteiger charge is -2.40. The summed E-state index contributed by atoms with van der Waals surface area (Å²) in [6, 6.07) is 8.31. The third-order valence-corrected chi connectivity index (χ3v) is 10.1. The molecule has 2 aliphatic heterocycles. The predicted octanol–water partition coefficient (Wildman–Crippen LogP) is 5.79. The molecular weight excluding hydrogens is 599 g/mol. The van der Waals surface area contributed by atoms with Crippen LogP contribution < -0.4 is 10.1 Å². The van der Waals surface area contributed by atoms with E-state index in [-0.39, 0.29) is 48.7 Å². The highest BCUT2D eigenvalue weighted by molar-refractivity contribution is 5.84. The first kappa shape index (κ1) is 34.3. The molecular formula is C35H46F3N3O5. The fourth-order valence-corrected chi connectivity index (χ4v) is 7.32. The van der Waals surface area contributed by atoms with Crippen molar-refractivity contribution in [3.63, 3.8) is 0 Å². The van der Waals surface area contributed by atoms with Gasteiger partial charge in [0.05, 0.1) is 36.0 Å². The summed E-state index contributed by atoms with van der Waals surface area (Å²) in [4.78, 5) is 31.5. The Hall–Kier alpha value is -3.02. The number of carbonyl (C=O) groups excluding carboxylic acids is 2. The number of aromatic nitrogens is 1. The van der Waals surface area contributed by atoms with Crippen molar-refractivity contribution in [2.75, 3.05) is 33.5 Å². The Morgan fingerprint density at radius 3 is 2.80 bits per heavy atom. The van der Waals surface area contributed by atoms with Gasteiger partial charge in [0.25, 0.3) is 0 Å². The molecule has 4 atom stereocenters. The molecule has 2 fully saturated rings. The lowest BCUT2D eigenvalue weighted by atomic mass is 9.74. The number of pyridine rings is 1. The Morgan fingerprint density at radius 1 is 1.24 bits per heavy atom. The van der Waals surface area contributed by atoms with Crippen molar-refractivity contribution in [2.45, 2.75) is 96.1 Å². The number of carbonyl (C=O) groups is 2. The van der Waals surface area contributed by atoms with Crippen LogP contribution in [0.4, 0.5) is 13.2 Å². The third-order valence-electron chi connectivity index (χ3n) is 10.1. The van der Waals surface area contributed by atoms with Gasteiger partial charge in [-0.1, -0.05) is 26.0 Å². The average molecular weight is 646 g/mol. The van der Waals surface area contributed by atoms with E-state index in [4.69, 9.17) is 14.2 Å². The van der Waals surface area contributed by atoms with Crippen molar-refractivity contribution in [3.05, 3.63) is 58.4 Å². The fourth-order valence-electron chi connectivity index (χ4n) is 7.32. The highest BCUT2D eigenvalue weighted by Crippen LogP contribution is 2.47. The van der Waals surface area contributed by atoms with Gasteiger partial charge in [0, 0.05) is 56.6 Å². The molecule has 2 aromatic rings. The van der Waals surface area contributed by atoms with E-state index in [0.29, 0.717) is 74.6 Å². The molecule has 1 N–H and O–H groups in total. The van der Waals surface area contributed by atoms with Crippen LogP contribution in [-0.4, -0.2) is 73.7 Å². The average Bonchev–Trinajstić information content (AvgIpc) is 3.48. The van der Waals surface area contributed by atoms with Crippen LogP contribution >= 0.6 is 0 Å². The van der Waals surface area contributed by atoms with E-state index >= 15 is 0 Å². The monoisotopic (exact) mass is 645 g/mol. The molecule has 4 unspecified atom stereocenters. The number of methoxy groups -OCH3 is 1. The smallest absolute Gasteiger partial charge is 0.418 e. The van der Waals surface area contributed by atoms with Crippen LogP contribution in [0.25, 0.3) is 0 Å². The van der Waals surface area contributed by atoms with Gasteiger partial charge in [-0.2, -0.15) is 13.2 Å². The number of alkyl halides is 3. The first-order valence-corrected chi connectivity index (χ1v) is 16.5. The fraction of sp³-hybridized carbons (Fsp3) is 0.629. The SMILES string of the molecule is COC1COCCC1NC1CCC(C(=O)N2CCc3nc(CCCCOc4cccc(C=O)c4)c(C(F)(F)F)cc3C2)(C(C)C)C1. The van der Waals surface area contributed by atoms with Gasteiger partial charge in [-0.15, -0.1) is 0 Å². The Bertz CT molecular complexity index is 1370. The minimum absolute atomic E-state index is 0.0299. The molecule has 1 saturated carbocycles. The van der Waals surface area contributed by atoms with E-state index in [1.54, 1.807) is 36.3 Å². The first-order chi connectivity index (χ1) is 22.0. The lowest BCUT2D eigenvalue weighted by Crippen LogP contribution is -2.52. The summed E-state index contributed by atoms with van der Waals surface area (Å²) in [5.41, 5.74) is 0.364. The molecule has 8 nitrogen and oxygen atoms in total. The molecule has 1 aliphatic carbocycles. The largest absolute Gasteiger partial charge is 0.494 e. The van der Waals surface area contributed by atoms with Gasteiger partial charge < -0.3 is 24.4 Å². The molecule has 0 spiro atoms. The Labute approximate surface area is 269 Å². The van der Waals surface area contributed by atoms with Crippen LogP contribution in [0.1, 0.15) is 85.2 Å². The predicted molar refractivity (Wildman–Crippen MR) is 167 cm³/mol. The number of ether oxygens (including phenoxy) is 3. The molecule has 3 heterocycles. The molecule has 46 heavy (non-hydrogen) atoms. The van der Waals surface area contributed by atoms with Crippen molar-refractivity contribution in [1.29, 1.82) is 0 Å². The molecule has 1 aromatic heterocycles. The second kappa shape index (κ2) is 14.8. The number of aldehydes is 1. The van der Waals surface area contributed by atoms with E-state index in [0.717, 1.165) is 25.5 Å². The standard InChI is InChI=1S/C35H46F3N3O5/c1-23(2)34(13-10-26(19-34)39-31-12-16-45-22-32(31)44-3)33(43)41-14-11-29-25(20-41)18-28(35(36,37)38)30(40-29)9-4-5-15-46-27-8-6-7-24(17-27)21-42/h6-8,17-18,21,23,26,31-32,39H,4-5,9-16,19-20,22H2,1-3H3. The number of nitrogens with zero attached hydrogens (tertiary/aromatic N) is 2. The van der Waals surface area contributed by atoms with Crippen molar-refractivity contribution in [3.8, 4) is 5.75 Å². The highest BCUT2D eigenvalue weighted by atomic mass is 19.4. The normalized spacial score (nSPS) is 25.0. The number of aryl methyl sites for hydroxylation is 1. The maximum Gasteiger partial charge on any atom is 0.418 e. The number of hydrogen-bond donors (Lipinski definition) is 1. The van der Waals surface area contributed by atoms with Gasteiger partial charge in [0.15, 0.2) is 0 Å². The Morgan fingerprint density at radius 2 is 2.07 bits per heavy atom. The molecule has 1 amide bonds. The van der Waals surface area contributed by atoms with E-state index < -0.39 is 17.2 Å². The summed E-state index contributed by atoms with van der Waals surface area (Å²) in [7, 11) is 1.69. The summed E-state index contributed by atoms with van der Waals surface area (Å²) in [5.74, 6) is 0.670. The van der Waals surface area contributed by atoms with Crippen LogP contribution in [0.2, 0.25) is 0 Å². The van der Waals surface area contributed by atoms with Gasteiger partial charge in [-0.25, -0.2) is 0 Å². The summed E-state index contributed by atoms with van der Waals surface area (Å²) in [6.07, 6.45) is 0.902. The van der Waals surface area contributed by atoms with Crippen LogP contribution in [0.3, 0.4) is 0 Å². The second-order valence-electron chi connectivity index (χ2n) is 13.2. The van der Waals surface area contributed by atoms with Gasteiger partial charge in [-0.05, 0) is 74.6 Å². The van der Waals surface area contributed by atoms with Crippen LogP contribution in [0.5, 0.6) is 5.75 Å². The summed E-state index contributed by atoms with van der Waals surface area (Å²) in [6.45, 7) is 6.27. The second-order valence-corrected chi connectivity index (χ2v) is 13.2. The number of hydrogen-bond acceptors (Lipinski definition) is 7. The molecule has 252 valence electrons. The molecule has 3 aliphatic rings. The van der Waals surface area contributed by atoms with Gasteiger partial charge in [-0.3, -0.25) is 14.6 Å². The zero-order chi connectivity index (χ0) is 32.9. The van der Waals surface area contributed by atoms with Gasteiger partial charge >= 0.3 is 6.18 Å². The number of unbranched alkanes of at least 4 members (excludes halogenated alkanes) is 1. The third kappa shape index (κ3) is 7.74. The molecule has 0 radical (unpaired) electrons. The van der Waals surface area contributed by atoms with Crippen molar-refractivity contribution >= 4 is 12.2 Å². The van der Waals surface area contributed by atoms with Crippen LogP contribution in [-0.2, 0) is 39.8 Å².